The summed E-state index contributed by atoms with van der Waals surface area (Å²) in [6.45, 7) is 0. The van der Waals surface area contributed by atoms with Crippen molar-refractivity contribution in [3.8, 4) is 0 Å². The van der Waals surface area contributed by atoms with E-state index in [4.69, 9.17) is 0 Å². The van der Waals surface area contributed by atoms with Crippen molar-refractivity contribution in [2.45, 2.75) is 0 Å². The zero-order chi connectivity index (χ0) is 11.4. The fourth-order valence-electron chi connectivity index (χ4n) is 1.38. The summed E-state index contributed by atoms with van der Waals surface area (Å²) in [5.41, 5.74) is 0.700. The number of carbonyl (C=O) groups excluding carboxylic acids is 1. The van der Waals surface area contributed by atoms with E-state index in [1.54, 1.807) is 6.08 Å². The maximum absolute atomic E-state index is 11.7. The molecule has 0 aromatic heterocycles. The highest BCUT2D eigenvalue weighted by Gasteiger charge is 2.13. The minimum atomic E-state index is 0.0219. The first-order valence-electron chi connectivity index (χ1n) is 4.95. The zero-order valence-corrected chi connectivity index (χ0v) is 10.1. The topological polar surface area (TPSA) is 17.1 Å². The summed E-state index contributed by atoms with van der Waals surface area (Å²) < 4.78 is 0.976. The largest absolute Gasteiger partial charge is 0.289 e. The summed E-state index contributed by atoms with van der Waals surface area (Å²) in [5, 5.41) is 0. The molecule has 16 heavy (non-hydrogen) atoms. The lowest BCUT2D eigenvalue weighted by atomic mass is 10.1. The van der Waals surface area contributed by atoms with Crippen molar-refractivity contribution < 1.29 is 4.79 Å². The molecule has 5 radical (unpaired) electrons. The Bertz CT molecular complexity index is 386. The molecule has 0 heterocycles. The molecule has 1 aliphatic carbocycles. The molecule has 0 atom stereocenters. The van der Waals surface area contributed by atoms with Crippen molar-refractivity contribution in [1.82, 2.24) is 0 Å². The maximum atomic E-state index is 11.7. The molecule has 0 N–H and O–H groups in total. The second kappa shape index (κ2) is 5.44. The van der Waals surface area contributed by atoms with Crippen LogP contribution in [0, 0.1) is 31.6 Å². The second-order valence-corrected chi connectivity index (χ2v) is 4.34. The van der Waals surface area contributed by atoms with Gasteiger partial charge < -0.3 is 0 Å². The van der Waals surface area contributed by atoms with E-state index in [-0.39, 0.29) is 5.78 Å². The second-order valence-electron chi connectivity index (χ2n) is 3.42. The molecule has 1 aliphatic rings. The van der Waals surface area contributed by atoms with Crippen LogP contribution >= 0.6 is 15.9 Å². The Balaban J connectivity index is 1.99. The van der Waals surface area contributed by atoms with Crippen molar-refractivity contribution in [2.75, 3.05) is 0 Å². The molecule has 79 valence electrons. The number of rotatable bonds is 3. The van der Waals surface area contributed by atoms with E-state index >= 15 is 0 Å². The number of carbonyl (C=O) groups is 1. The Labute approximate surface area is 105 Å². The van der Waals surface area contributed by atoms with Crippen molar-refractivity contribution >= 4 is 21.7 Å². The highest BCUT2D eigenvalue weighted by Crippen LogP contribution is 2.24. The van der Waals surface area contributed by atoms with Gasteiger partial charge in [0.15, 0.2) is 5.78 Å². The van der Waals surface area contributed by atoms with Gasteiger partial charge in [0.05, 0.1) is 0 Å². The third-order valence-corrected chi connectivity index (χ3v) is 2.77. The van der Waals surface area contributed by atoms with Crippen molar-refractivity contribution in [3.63, 3.8) is 0 Å². The lowest BCUT2D eigenvalue weighted by Crippen LogP contribution is -1.95. The van der Waals surface area contributed by atoms with Crippen LogP contribution in [0.3, 0.4) is 0 Å². The average molecular weight is 274 g/mol. The van der Waals surface area contributed by atoms with E-state index in [1.807, 2.05) is 56.0 Å². The molecule has 0 spiro atoms. The third kappa shape index (κ3) is 3.05. The number of benzene rings is 1. The van der Waals surface area contributed by atoms with Crippen LogP contribution in [-0.2, 0) is 0 Å². The predicted octanol–water partition coefficient (Wildman–Crippen LogP) is 3.59. The number of halogens is 1. The Kier molecular flexibility index (Phi) is 3.94. The molecule has 1 aromatic carbocycles. The molecule has 1 aromatic rings. The van der Waals surface area contributed by atoms with Gasteiger partial charge in [-0.15, -0.1) is 0 Å². The molecule has 1 saturated carbocycles. The van der Waals surface area contributed by atoms with Crippen LogP contribution in [0.1, 0.15) is 10.4 Å². The van der Waals surface area contributed by atoms with Crippen molar-refractivity contribution in [3.05, 3.63) is 78.1 Å². The van der Waals surface area contributed by atoms with Crippen LogP contribution in [0.4, 0.5) is 0 Å². The highest BCUT2D eigenvalue weighted by atomic mass is 79.9. The normalized spacial score (nSPS) is 17.1. The molecule has 2 rings (SSSR count). The van der Waals surface area contributed by atoms with Gasteiger partial charge >= 0.3 is 0 Å². The predicted molar refractivity (Wildman–Crippen MR) is 68.1 cm³/mol. The molecule has 0 amide bonds. The fourth-order valence-corrected chi connectivity index (χ4v) is 1.65. The Morgan fingerprint density at radius 3 is 2.31 bits per heavy atom. The SMILES string of the molecule is O=C(/C=C/[C]1[CH][CH][CH][CH]1)c1ccc(Br)cc1. The third-order valence-electron chi connectivity index (χ3n) is 2.24. The van der Waals surface area contributed by atoms with E-state index in [9.17, 15) is 4.79 Å². The van der Waals surface area contributed by atoms with E-state index < -0.39 is 0 Å². The first-order chi connectivity index (χ1) is 7.75. The lowest BCUT2D eigenvalue weighted by molar-refractivity contribution is 0.104. The molecule has 0 unspecified atom stereocenters. The molecule has 0 bridgehead atoms. The minimum absolute atomic E-state index is 0.0219. The average Bonchev–Trinajstić information content (AvgIpc) is 2.80. The summed E-state index contributed by atoms with van der Waals surface area (Å²) in [6, 6.07) is 7.34. The van der Waals surface area contributed by atoms with Crippen LogP contribution in [0.5, 0.6) is 0 Å². The van der Waals surface area contributed by atoms with E-state index in [2.05, 4.69) is 15.9 Å². The minimum Gasteiger partial charge on any atom is -0.289 e. The molecule has 2 heteroatoms. The Hall–Kier alpha value is -0.890. The van der Waals surface area contributed by atoms with Gasteiger partial charge in [0.25, 0.3) is 0 Å². The maximum Gasteiger partial charge on any atom is 0.185 e. The van der Waals surface area contributed by atoms with Crippen molar-refractivity contribution in [1.29, 1.82) is 0 Å². The van der Waals surface area contributed by atoms with Crippen LogP contribution in [-0.4, -0.2) is 5.78 Å². The first-order valence-corrected chi connectivity index (χ1v) is 5.75. The molecule has 0 aliphatic heterocycles. The van der Waals surface area contributed by atoms with Gasteiger partial charge in [-0.05, 0) is 56.0 Å². The Morgan fingerprint density at radius 1 is 1.06 bits per heavy atom. The highest BCUT2D eigenvalue weighted by molar-refractivity contribution is 9.10. The van der Waals surface area contributed by atoms with Gasteiger partial charge in [-0.2, -0.15) is 0 Å². The van der Waals surface area contributed by atoms with Crippen molar-refractivity contribution in [2.24, 2.45) is 0 Å². The summed E-state index contributed by atoms with van der Waals surface area (Å²) in [4.78, 5) is 11.7. The molecule has 1 nitrogen and oxygen atoms in total. The summed E-state index contributed by atoms with van der Waals surface area (Å²) >= 11 is 3.34. The number of allylic oxidation sites excluding steroid dienone is 2. The Morgan fingerprint density at radius 2 is 1.69 bits per heavy atom. The summed E-state index contributed by atoms with van der Waals surface area (Å²) in [5.74, 6) is 1.07. The number of hydrogen-bond donors (Lipinski definition) is 0. The lowest BCUT2D eigenvalue weighted by Gasteiger charge is -1.99. The van der Waals surface area contributed by atoms with Crippen LogP contribution < -0.4 is 0 Å². The monoisotopic (exact) mass is 273 g/mol. The molecular formula is C14H10BrO. The van der Waals surface area contributed by atoms with Crippen LogP contribution in [0.25, 0.3) is 0 Å². The van der Waals surface area contributed by atoms with Gasteiger partial charge in [0.1, 0.15) is 0 Å². The van der Waals surface area contributed by atoms with Crippen LogP contribution in [0.2, 0.25) is 0 Å². The van der Waals surface area contributed by atoms with Gasteiger partial charge in [-0.1, -0.05) is 22.0 Å². The molecule has 0 saturated heterocycles. The standard InChI is InChI=1S/C14H10BrO/c15-13-8-6-12(7-9-13)14(16)10-5-11-3-1-2-4-11/h1-10H/b10-5+. The summed E-state index contributed by atoms with van der Waals surface area (Å²) in [7, 11) is 0. The fraction of sp³-hybridized carbons (Fsp3) is 0. The van der Waals surface area contributed by atoms with E-state index in [0.717, 1.165) is 10.4 Å². The smallest absolute Gasteiger partial charge is 0.185 e. The first kappa shape index (κ1) is 11.6. The molecule has 1 fully saturated rings. The van der Waals surface area contributed by atoms with E-state index in [1.165, 1.54) is 0 Å². The quantitative estimate of drug-likeness (QED) is 0.608. The molecular weight excluding hydrogens is 264 g/mol. The van der Waals surface area contributed by atoms with Crippen LogP contribution in [0.15, 0.2) is 40.9 Å². The van der Waals surface area contributed by atoms with Gasteiger partial charge in [-0.25, -0.2) is 0 Å². The zero-order valence-electron chi connectivity index (χ0n) is 8.56. The van der Waals surface area contributed by atoms with Gasteiger partial charge in [0.2, 0.25) is 0 Å². The van der Waals surface area contributed by atoms with E-state index in [0.29, 0.717) is 5.56 Å². The van der Waals surface area contributed by atoms with Gasteiger partial charge in [-0.3, -0.25) is 4.79 Å². The number of ketones is 1. The number of hydrogen-bond acceptors (Lipinski definition) is 1. The van der Waals surface area contributed by atoms with Gasteiger partial charge in [0, 0.05) is 16.0 Å². The summed E-state index contributed by atoms with van der Waals surface area (Å²) in [6.07, 6.45) is 11.2.